The molecule has 94 valence electrons. The van der Waals surface area contributed by atoms with Crippen LogP contribution in [0.5, 0.6) is 0 Å². The second-order valence-electron chi connectivity index (χ2n) is 3.78. The predicted octanol–water partition coefficient (Wildman–Crippen LogP) is 1.57. The lowest BCUT2D eigenvalue weighted by atomic mass is 10.3. The summed E-state index contributed by atoms with van der Waals surface area (Å²) in [7, 11) is 0. The lowest BCUT2D eigenvalue weighted by Crippen LogP contribution is -2.01. The lowest BCUT2D eigenvalue weighted by Gasteiger charge is -2.04. The second kappa shape index (κ2) is 4.37. The Bertz CT molecular complexity index is 738. The lowest BCUT2D eigenvalue weighted by molar-refractivity contribution is 0.0699. The van der Waals surface area contributed by atoms with Crippen molar-refractivity contribution >= 4 is 23.3 Å². The summed E-state index contributed by atoms with van der Waals surface area (Å²) in [6.45, 7) is 0. The van der Waals surface area contributed by atoms with E-state index in [-0.39, 0.29) is 11.2 Å². The minimum absolute atomic E-state index is 0.0599. The Morgan fingerprint density at radius 3 is 2.89 bits per heavy atom. The van der Waals surface area contributed by atoms with Crippen molar-refractivity contribution in [2.24, 2.45) is 0 Å². The minimum Gasteiger partial charge on any atom is -0.477 e. The van der Waals surface area contributed by atoms with Crippen LogP contribution in [0, 0.1) is 0 Å². The first kappa shape index (κ1) is 11.1. The molecule has 0 aliphatic carbocycles. The smallest absolute Gasteiger partial charge is 0.341 e. The van der Waals surface area contributed by atoms with Gasteiger partial charge in [-0.25, -0.2) is 19.3 Å². The first-order valence-corrected chi connectivity index (χ1v) is 5.50. The zero-order valence-electron chi connectivity index (χ0n) is 9.69. The maximum Gasteiger partial charge on any atom is 0.341 e. The molecule has 0 radical (unpaired) electrons. The molecule has 3 aromatic rings. The van der Waals surface area contributed by atoms with Gasteiger partial charge in [-0.2, -0.15) is 5.10 Å². The summed E-state index contributed by atoms with van der Waals surface area (Å²) in [5.74, 6) is 0.0856. The number of carboxylic acids is 1. The molecule has 2 N–H and O–H groups in total. The molecule has 0 aliphatic rings. The third kappa shape index (κ3) is 2.08. The Labute approximate surface area is 107 Å². The van der Waals surface area contributed by atoms with Crippen molar-refractivity contribution in [1.29, 1.82) is 0 Å². The number of pyridine rings is 1. The van der Waals surface area contributed by atoms with E-state index < -0.39 is 5.97 Å². The van der Waals surface area contributed by atoms with Gasteiger partial charge in [-0.1, -0.05) is 6.07 Å². The van der Waals surface area contributed by atoms with Gasteiger partial charge in [0, 0.05) is 12.4 Å². The van der Waals surface area contributed by atoms with Crippen LogP contribution in [0.15, 0.2) is 42.9 Å². The van der Waals surface area contributed by atoms with Gasteiger partial charge in [-0.15, -0.1) is 0 Å². The molecule has 3 aromatic heterocycles. The average Bonchev–Trinajstić information content (AvgIpc) is 2.83. The number of anilines is 2. The van der Waals surface area contributed by atoms with Gasteiger partial charge >= 0.3 is 5.97 Å². The Kier molecular flexibility index (Phi) is 2.57. The quantitative estimate of drug-likeness (QED) is 0.738. The fourth-order valence-corrected chi connectivity index (χ4v) is 1.66. The number of rotatable bonds is 3. The van der Waals surface area contributed by atoms with Crippen molar-refractivity contribution in [2.75, 3.05) is 5.32 Å². The molecule has 0 spiro atoms. The first-order chi connectivity index (χ1) is 9.24. The SMILES string of the molecule is O=C(O)c1cnn2ccc(Nc3ccccn3)nc12. The topological polar surface area (TPSA) is 92.4 Å². The minimum atomic E-state index is -1.06. The zero-order chi connectivity index (χ0) is 13.2. The van der Waals surface area contributed by atoms with Crippen LogP contribution in [0.4, 0.5) is 11.6 Å². The summed E-state index contributed by atoms with van der Waals surface area (Å²) < 4.78 is 1.41. The number of nitrogens with one attached hydrogen (secondary N) is 1. The van der Waals surface area contributed by atoms with Crippen molar-refractivity contribution in [3.05, 3.63) is 48.4 Å². The number of nitrogens with zero attached hydrogens (tertiary/aromatic N) is 4. The molecule has 0 saturated heterocycles. The van der Waals surface area contributed by atoms with Gasteiger partial charge in [0.15, 0.2) is 5.65 Å². The summed E-state index contributed by atoms with van der Waals surface area (Å²) in [6, 6.07) is 7.14. The highest BCUT2D eigenvalue weighted by molar-refractivity contribution is 5.94. The molecule has 0 atom stereocenters. The monoisotopic (exact) mass is 255 g/mol. The highest BCUT2D eigenvalue weighted by Crippen LogP contribution is 2.14. The number of fused-ring (bicyclic) bond motifs is 1. The van der Waals surface area contributed by atoms with Gasteiger partial charge in [0.05, 0.1) is 6.20 Å². The first-order valence-electron chi connectivity index (χ1n) is 5.50. The number of carboxylic acid groups (broad SMARTS) is 1. The Morgan fingerprint density at radius 1 is 1.26 bits per heavy atom. The maximum atomic E-state index is 11.0. The van der Waals surface area contributed by atoms with Crippen molar-refractivity contribution in [2.45, 2.75) is 0 Å². The highest BCUT2D eigenvalue weighted by atomic mass is 16.4. The number of hydrogen-bond acceptors (Lipinski definition) is 5. The normalized spacial score (nSPS) is 10.5. The summed E-state index contributed by atoms with van der Waals surface area (Å²) in [4.78, 5) is 19.3. The van der Waals surface area contributed by atoms with E-state index >= 15 is 0 Å². The van der Waals surface area contributed by atoms with Gasteiger partial charge in [0.2, 0.25) is 0 Å². The molecule has 3 heterocycles. The van der Waals surface area contributed by atoms with Crippen LogP contribution >= 0.6 is 0 Å². The zero-order valence-corrected chi connectivity index (χ0v) is 9.69. The van der Waals surface area contributed by atoms with Crippen LogP contribution in [0.25, 0.3) is 5.65 Å². The summed E-state index contributed by atoms with van der Waals surface area (Å²) in [6.07, 6.45) is 4.57. The largest absolute Gasteiger partial charge is 0.477 e. The molecular formula is C12H9N5O2. The molecule has 7 heteroatoms. The number of carbonyl (C=O) groups is 1. The average molecular weight is 255 g/mol. The molecule has 19 heavy (non-hydrogen) atoms. The van der Waals surface area contributed by atoms with Crippen LogP contribution in [-0.2, 0) is 0 Å². The van der Waals surface area contributed by atoms with E-state index in [2.05, 4.69) is 20.4 Å². The Morgan fingerprint density at radius 2 is 2.16 bits per heavy atom. The van der Waals surface area contributed by atoms with Gasteiger partial charge in [-0.3, -0.25) is 0 Å². The van der Waals surface area contributed by atoms with E-state index in [1.807, 2.05) is 6.07 Å². The second-order valence-corrected chi connectivity index (χ2v) is 3.78. The molecule has 0 amide bonds. The van der Waals surface area contributed by atoms with E-state index in [0.29, 0.717) is 11.6 Å². The Balaban J connectivity index is 2.01. The highest BCUT2D eigenvalue weighted by Gasteiger charge is 2.12. The van der Waals surface area contributed by atoms with Gasteiger partial charge in [0.1, 0.15) is 17.2 Å². The van der Waals surface area contributed by atoms with E-state index in [1.165, 1.54) is 10.7 Å². The van der Waals surface area contributed by atoms with Gasteiger partial charge in [0.25, 0.3) is 0 Å². The molecule has 0 unspecified atom stereocenters. The van der Waals surface area contributed by atoms with E-state index in [4.69, 9.17) is 5.11 Å². The van der Waals surface area contributed by atoms with Crippen LogP contribution in [-0.4, -0.2) is 30.7 Å². The third-order valence-electron chi connectivity index (χ3n) is 2.52. The number of aromatic nitrogens is 4. The van der Waals surface area contributed by atoms with E-state index in [1.54, 1.807) is 30.6 Å². The fourth-order valence-electron chi connectivity index (χ4n) is 1.66. The van der Waals surface area contributed by atoms with Gasteiger partial charge in [-0.05, 0) is 18.2 Å². The maximum absolute atomic E-state index is 11.0. The van der Waals surface area contributed by atoms with Crippen LogP contribution in [0.2, 0.25) is 0 Å². The van der Waals surface area contributed by atoms with Crippen LogP contribution < -0.4 is 5.32 Å². The van der Waals surface area contributed by atoms with Crippen molar-refractivity contribution < 1.29 is 9.90 Å². The molecule has 0 fully saturated rings. The molecule has 0 aromatic carbocycles. The number of aromatic carboxylic acids is 1. The van der Waals surface area contributed by atoms with Crippen LogP contribution in [0.3, 0.4) is 0 Å². The van der Waals surface area contributed by atoms with E-state index in [0.717, 1.165) is 0 Å². The van der Waals surface area contributed by atoms with Crippen molar-refractivity contribution in [3.8, 4) is 0 Å². The molecule has 0 aliphatic heterocycles. The number of hydrogen-bond donors (Lipinski definition) is 2. The predicted molar refractivity (Wildman–Crippen MR) is 67.5 cm³/mol. The molecule has 0 saturated carbocycles. The summed E-state index contributed by atoms with van der Waals surface area (Å²) in [5, 5.41) is 15.9. The van der Waals surface area contributed by atoms with E-state index in [9.17, 15) is 4.79 Å². The third-order valence-corrected chi connectivity index (χ3v) is 2.52. The molecule has 7 nitrogen and oxygen atoms in total. The fraction of sp³-hybridized carbons (Fsp3) is 0. The molecular weight excluding hydrogens is 246 g/mol. The Hall–Kier alpha value is -2.96. The molecule has 0 bridgehead atoms. The van der Waals surface area contributed by atoms with Crippen molar-refractivity contribution in [3.63, 3.8) is 0 Å². The summed E-state index contributed by atoms with van der Waals surface area (Å²) in [5.41, 5.74) is 0.345. The van der Waals surface area contributed by atoms with Crippen LogP contribution in [0.1, 0.15) is 10.4 Å². The van der Waals surface area contributed by atoms with Gasteiger partial charge < -0.3 is 10.4 Å². The standard InChI is InChI=1S/C12H9N5O2/c18-12(19)8-7-14-17-6-4-10(16-11(8)17)15-9-3-1-2-5-13-9/h1-7H,(H,18,19)(H,13,15,16). The van der Waals surface area contributed by atoms with Crippen molar-refractivity contribution in [1.82, 2.24) is 19.6 Å². The molecule has 3 rings (SSSR count). The summed E-state index contributed by atoms with van der Waals surface area (Å²) >= 11 is 0.